The fourth-order valence-electron chi connectivity index (χ4n) is 1.77. The van der Waals surface area contributed by atoms with Crippen LogP contribution in [0.25, 0.3) is 0 Å². The molecule has 0 bridgehead atoms. The summed E-state index contributed by atoms with van der Waals surface area (Å²) in [5, 5.41) is 3.22. The van der Waals surface area contributed by atoms with Gasteiger partial charge in [-0.05, 0) is 12.8 Å². The number of ether oxygens (including phenoxy) is 1. The molecule has 0 aromatic carbocycles. The second kappa shape index (κ2) is 4.33. The number of esters is 1. The van der Waals surface area contributed by atoms with Crippen molar-refractivity contribution in [2.75, 3.05) is 19.0 Å². The Morgan fingerprint density at radius 3 is 3.40 bits per heavy atom. The van der Waals surface area contributed by atoms with Crippen molar-refractivity contribution >= 4 is 11.9 Å². The number of hydrogen-bond donors (Lipinski definition) is 1. The van der Waals surface area contributed by atoms with Gasteiger partial charge in [0.05, 0.1) is 19.7 Å². The summed E-state index contributed by atoms with van der Waals surface area (Å²) in [6, 6.07) is 0. The molecule has 0 saturated carbocycles. The van der Waals surface area contributed by atoms with E-state index in [4.69, 9.17) is 0 Å². The number of nitrogens with one attached hydrogen (secondary N) is 1. The summed E-state index contributed by atoms with van der Waals surface area (Å²) in [6.45, 7) is 1.96. The van der Waals surface area contributed by atoms with Crippen molar-refractivity contribution in [2.24, 2.45) is 0 Å². The van der Waals surface area contributed by atoms with E-state index >= 15 is 0 Å². The molecule has 1 N–H and O–H groups in total. The van der Waals surface area contributed by atoms with Crippen LogP contribution in [-0.2, 0) is 22.5 Å². The maximum absolute atomic E-state index is 11.0. The Kier molecular flexibility index (Phi) is 2.89. The van der Waals surface area contributed by atoms with E-state index in [1.54, 1.807) is 0 Å². The lowest BCUT2D eigenvalue weighted by atomic mass is 10.2. The van der Waals surface area contributed by atoms with Crippen LogP contribution in [0.15, 0.2) is 6.20 Å². The molecule has 1 aromatic rings. The highest BCUT2D eigenvalue weighted by Gasteiger charge is 2.14. The molecule has 1 aliphatic heterocycles. The van der Waals surface area contributed by atoms with Crippen LogP contribution < -0.4 is 5.32 Å². The lowest BCUT2D eigenvalue weighted by Gasteiger charge is -2.17. The van der Waals surface area contributed by atoms with Gasteiger partial charge in [0.1, 0.15) is 0 Å². The van der Waals surface area contributed by atoms with Crippen molar-refractivity contribution in [3.63, 3.8) is 0 Å². The Labute approximate surface area is 88.4 Å². The summed E-state index contributed by atoms with van der Waals surface area (Å²) in [5.41, 5.74) is 1.10. The van der Waals surface area contributed by atoms with Gasteiger partial charge in [-0.1, -0.05) is 0 Å². The van der Waals surface area contributed by atoms with E-state index in [2.05, 4.69) is 19.6 Å². The minimum atomic E-state index is -0.172. The average molecular weight is 209 g/mol. The molecule has 5 nitrogen and oxygen atoms in total. The third-order valence-electron chi connectivity index (χ3n) is 2.59. The van der Waals surface area contributed by atoms with Gasteiger partial charge in [0.25, 0.3) is 0 Å². The predicted octanol–water partition coefficient (Wildman–Crippen LogP) is 0.804. The molecule has 0 unspecified atom stereocenters. The van der Waals surface area contributed by atoms with Crippen LogP contribution in [0.5, 0.6) is 0 Å². The SMILES string of the molecule is COC(=O)CCc1cnc2n1CCCN2. The number of anilines is 1. The lowest BCUT2D eigenvalue weighted by Crippen LogP contribution is -2.19. The number of fused-ring (bicyclic) bond motifs is 1. The van der Waals surface area contributed by atoms with Crippen molar-refractivity contribution < 1.29 is 9.53 Å². The first kappa shape index (κ1) is 10.0. The van der Waals surface area contributed by atoms with Gasteiger partial charge in [-0.15, -0.1) is 0 Å². The fraction of sp³-hybridized carbons (Fsp3) is 0.600. The number of rotatable bonds is 3. The second-order valence-electron chi connectivity index (χ2n) is 3.58. The van der Waals surface area contributed by atoms with Gasteiger partial charge in [-0.2, -0.15) is 0 Å². The zero-order valence-electron chi connectivity index (χ0n) is 8.82. The molecule has 0 spiro atoms. The van der Waals surface area contributed by atoms with Gasteiger partial charge in [0.2, 0.25) is 5.95 Å². The first-order valence-corrected chi connectivity index (χ1v) is 5.16. The molecule has 0 radical (unpaired) electrons. The number of carbonyl (C=O) groups is 1. The van der Waals surface area contributed by atoms with E-state index in [0.29, 0.717) is 12.8 Å². The summed E-state index contributed by atoms with van der Waals surface area (Å²) in [7, 11) is 1.41. The second-order valence-corrected chi connectivity index (χ2v) is 3.58. The number of methoxy groups -OCH3 is 1. The zero-order chi connectivity index (χ0) is 10.7. The molecule has 1 aromatic heterocycles. The molecule has 0 saturated heterocycles. The van der Waals surface area contributed by atoms with Crippen LogP contribution in [0.2, 0.25) is 0 Å². The lowest BCUT2D eigenvalue weighted by molar-refractivity contribution is -0.140. The Balaban J connectivity index is 2.02. The molecule has 15 heavy (non-hydrogen) atoms. The number of carbonyl (C=O) groups excluding carboxylic acids is 1. The Morgan fingerprint density at radius 1 is 1.73 bits per heavy atom. The number of aryl methyl sites for hydroxylation is 1. The average Bonchev–Trinajstić information content (AvgIpc) is 2.69. The van der Waals surface area contributed by atoms with Crippen molar-refractivity contribution in [3.8, 4) is 0 Å². The first-order chi connectivity index (χ1) is 7.31. The van der Waals surface area contributed by atoms with Crippen LogP contribution >= 0.6 is 0 Å². The highest BCUT2D eigenvalue weighted by Crippen LogP contribution is 2.16. The number of hydrogen-bond acceptors (Lipinski definition) is 4. The smallest absolute Gasteiger partial charge is 0.305 e. The minimum absolute atomic E-state index is 0.172. The fourth-order valence-corrected chi connectivity index (χ4v) is 1.77. The van der Waals surface area contributed by atoms with Gasteiger partial charge in [0, 0.05) is 18.8 Å². The number of imidazole rings is 1. The summed E-state index contributed by atoms with van der Waals surface area (Å²) in [4.78, 5) is 15.3. The molecule has 0 aliphatic carbocycles. The van der Waals surface area contributed by atoms with Crippen LogP contribution in [0, 0.1) is 0 Å². The molecule has 2 heterocycles. The third kappa shape index (κ3) is 2.11. The monoisotopic (exact) mass is 209 g/mol. The number of aromatic nitrogens is 2. The molecular formula is C10H15N3O2. The molecule has 0 amide bonds. The minimum Gasteiger partial charge on any atom is -0.469 e. The zero-order valence-corrected chi connectivity index (χ0v) is 8.82. The highest BCUT2D eigenvalue weighted by atomic mass is 16.5. The molecule has 82 valence electrons. The summed E-state index contributed by atoms with van der Waals surface area (Å²) < 4.78 is 6.74. The van der Waals surface area contributed by atoms with E-state index in [9.17, 15) is 4.79 Å². The Morgan fingerprint density at radius 2 is 2.60 bits per heavy atom. The highest BCUT2D eigenvalue weighted by molar-refractivity contribution is 5.69. The largest absolute Gasteiger partial charge is 0.469 e. The van der Waals surface area contributed by atoms with Crippen LogP contribution in [0.1, 0.15) is 18.5 Å². The third-order valence-corrected chi connectivity index (χ3v) is 2.59. The Hall–Kier alpha value is -1.52. The maximum Gasteiger partial charge on any atom is 0.305 e. The van der Waals surface area contributed by atoms with E-state index in [0.717, 1.165) is 31.2 Å². The molecule has 0 atom stereocenters. The first-order valence-electron chi connectivity index (χ1n) is 5.16. The quantitative estimate of drug-likeness (QED) is 0.748. The molecule has 1 aliphatic rings. The van der Waals surface area contributed by atoms with Crippen LogP contribution in [0.4, 0.5) is 5.95 Å². The molecule has 2 rings (SSSR count). The van der Waals surface area contributed by atoms with E-state index < -0.39 is 0 Å². The molecule has 0 fully saturated rings. The van der Waals surface area contributed by atoms with Crippen molar-refractivity contribution in [1.29, 1.82) is 0 Å². The van der Waals surface area contributed by atoms with Crippen LogP contribution in [0.3, 0.4) is 0 Å². The summed E-state index contributed by atoms with van der Waals surface area (Å²) >= 11 is 0. The topological polar surface area (TPSA) is 56.1 Å². The van der Waals surface area contributed by atoms with Gasteiger partial charge in [-0.3, -0.25) is 4.79 Å². The van der Waals surface area contributed by atoms with Gasteiger partial charge in [-0.25, -0.2) is 4.98 Å². The standard InChI is InChI=1S/C10H15N3O2/c1-15-9(14)4-3-8-7-12-10-11-5-2-6-13(8)10/h7H,2-6H2,1H3,(H,11,12). The van der Waals surface area contributed by atoms with Crippen LogP contribution in [-0.4, -0.2) is 29.2 Å². The Bertz CT molecular complexity index is 360. The van der Waals surface area contributed by atoms with Crippen molar-refractivity contribution in [2.45, 2.75) is 25.8 Å². The number of nitrogens with zero attached hydrogens (tertiary/aromatic N) is 2. The van der Waals surface area contributed by atoms with Gasteiger partial charge >= 0.3 is 5.97 Å². The molecular weight excluding hydrogens is 194 g/mol. The van der Waals surface area contributed by atoms with Gasteiger partial charge in [0.15, 0.2) is 0 Å². The van der Waals surface area contributed by atoms with Crippen molar-refractivity contribution in [1.82, 2.24) is 9.55 Å². The van der Waals surface area contributed by atoms with E-state index in [1.165, 1.54) is 7.11 Å². The van der Waals surface area contributed by atoms with E-state index in [1.807, 2.05) is 6.20 Å². The normalized spacial score (nSPS) is 14.2. The summed E-state index contributed by atoms with van der Waals surface area (Å²) in [6.07, 6.45) is 4.05. The maximum atomic E-state index is 11.0. The molecule has 5 heteroatoms. The van der Waals surface area contributed by atoms with E-state index in [-0.39, 0.29) is 5.97 Å². The predicted molar refractivity (Wildman–Crippen MR) is 55.7 cm³/mol. The van der Waals surface area contributed by atoms with Gasteiger partial charge < -0.3 is 14.6 Å². The van der Waals surface area contributed by atoms with Crippen molar-refractivity contribution in [3.05, 3.63) is 11.9 Å². The summed E-state index contributed by atoms with van der Waals surface area (Å²) in [5.74, 6) is 0.746.